The molecule has 1 aromatic carbocycles. The number of halogens is 2. The van der Waals surface area contributed by atoms with E-state index in [2.05, 4.69) is 26.4 Å². The summed E-state index contributed by atoms with van der Waals surface area (Å²) in [5, 5.41) is 6.86. The van der Waals surface area contributed by atoms with Crippen LogP contribution >= 0.6 is 27.5 Å². The fourth-order valence-corrected chi connectivity index (χ4v) is 2.00. The Hall–Kier alpha value is -1.33. The zero-order valence-corrected chi connectivity index (χ0v) is 11.9. The van der Waals surface area contributed by atoms with Crippen LogP contribution in [-0.2, 0) is 6.54 Å². The van der Waals surface area contributed by atoms with Crippen molar-refractivity contribution < 1.29 is 9.32 Å². The smallest absolute Gasteiger partial charge is 0.253 e. The van der Waals surface area contributed by atoms with Gasteiger partial charge in [-0.25, -0.2) is 0 Å². The molecule has 0 radical (unpaired) electrons. The second-order valence-electron chi connectivity index (χ2n) is 3.74. The average molecular weight is 330 g/mol. The van der Waals surface area contributed by atoms with Gasteiger partial charge in [0.15, 0.2) is 5.76 Å². The van der Waals surface area contributed by atoms with Gasteiger partial charge in [0.05, 0.1) is 22.8 Å². The first-order valence-corrected chi connectivity index (χ1v) is 6.39. The van der Waals surface area contributed by atoms with Crippen molar-refractivity contribution in [3.63, 3.8) is 0 Å². The molecule has 0 aliphatic carbocycles. The zero-order valence-electron chi connectivity index (χ0n) is 9.54. The molecular weight excluding hydrogens is 320 g/mol. The van der Waals surface area contributed by atoms with Crippen molar-refractivity contribution in [2.24, 2.45) is 0 Å². The number of aromatic nitrogens is 1. The van der Waals surface area contributed by atoms with Crippen LogP contribution in [0.4, 0.5) is 0 Å². The third kappa shape index (κ3) is 3.11. The summed E-state index contributed by atoms with van der Waals surface area (Å²) in [7, 11) is 0. The molecule has 18 heavy (non-hydrogen) atoms. The number of nitrogens with one attached hydrogen (secondary N) is 1. The summed E-state index contributed by atoms with van der Waals surface area (Å²) in [5.74, 6) is 0.349. The van der Waals surface area contributed by atoms with Crippen LogP contribution in [-0.4, -0.2) is 11.1 Å². The number of rotatable bonds is 3. The van der Waals surface area contributed by atoms with E-state index in [1.807, 2.05) is 6.92 Å². The lowest BCUT2D eigenvalue weighted by Gasteiger charge is -2.05. The van der Waals surface area contributed by atoms with Gasteiger partial charge < -0.3 is 9.84 Å². The van der Waals surface area contributed by atoms with Crippen molar-refractivity contribution in [1.82, 2.24) is 10.5 Å². The fourth-order valence-electron chi connectivity index (χ4n) is 1.43. The second-order valence-corrected chi connectivity index (χ2v) is 5.06. The van der Waals surface area contributed by atoms with Gasteiger partial charge in [0.25, 0.3) is 5.91 Å². The molecule has 0 aliphatic heterocycles. The number of amides is 1. The lowest BCUT2D eigenvalue weighted by Crippen LogP contribution is -2.22. The minimum atomic E-state index is -0.254. The van der Waals surface area contributed by atoms with Gasteiger partial charge in [-0.15, -0.1) is 0 Å². The molecule has 1 heterocycles. The van der Waals surface area contributed by atoms with Crippen LogP contribution < -0.4 is 5.32 Å². The van der Waals surface area contributed by atoms with Crippen LogP contribution in [0.3, 0.4) is 0 Å². The summed E-state index contributed by atoms with van der Waals surface area (Å²) in [6, 6.07) is 6.88. The van der Waals surface area contributed by atoms with Gasteiger partial charge in [-0.3, -0.25) is 4.79 Å². The van der Waals surface area contributed by atoms with E-state index < -0.39 is 0 Å². The largest absolute Gasteiger partial charge is 0.359 e. The first-order chi connectivity index (χ1) is 8.56. The fraction of sp³-hybridized carbons (Fsp3) is 0.167. The highest BCUT2D eigenvalue weighted by atomic mass is 79.9. The molecule has 4 nitrogen and oxygen atoms in total. The molecule has 2 aromatic rings. The Bertz CT molecular complexity index is 583. The van der Waals surface area contributed by atoms with Crippen molar-refractivity contribution in [2.75, 3.05) is 0 Å². The topological polar surface area (TPSA) is 55.1 Å². The maximum Gasteiger partial charge on any atom is 0.253 e. The van der Waals surface area contributed by atoms with Gasteiger partial charge >= 0.3 is 0 Å². The van der Waals surface area contributed by atoms with Crippen molar-refractivity contribution in [2.45, 2.75) is 13.5 Å². The normalized spacial score (nSPS) is 10.4. The van der Waals surface area contributed by atoms with Crippen LogP contribution in [0.25, 0.3) is 0 Å². The predicted molar refractivity (Wildman–Crippen MR) is 71.6 cm³/mol. The Balaban J connectivity index is 2.05. The van der Waals surface area contributed by atoms with E-state index in [0.717, 1.165) is 10.2 Å². The lowest BCUT2D eigenvalue weighted by molar-refractivity contribution is 0.0947. The first-order valence-electron chi connectivity index (χ1n) is 5.21. The Kier molecular flexibility index (Phi) is 4.04. The molecule has 0 fully saturated rings. The van der Waals surface area contributed by atoms with Crippen LogP contribution in [0.5, 0.6) is 0 Å². The molecule has 1 aromatic heterocycles. The Morgan fingerprint density at radius 3 is 2.94 bits per heavy atom. The number of hydrogen-bond acceptors (Lipinski definition) is 3. The molecule has 0 saturated carbocycles. The van der Waals surface area contributed by atoms with Crippen LogP contribution in [0.2, 0.25) is 5.02 Å². The summed E-state index contributed by atoms with van der Waals surface area (Å²) in [5.41, 5.74) is 1.20. The SMILES string of the molecule is Cc1cc(CNC(=O)c2cc(Br)ccc2Cl)on1. The Morgan fingerprint density at radius 2 is 2.28 bits per heavy atom. The van der Waals surface area contributed by atoms with Crippen LogP contribution in [0, 0.1) is 6.92 Å². The monoisotopic (exact) mass is 328 g/mol. The van der Waals surface area contributed by atoms with Gasteiger partial charge in [-0.1, -0.05) is 32.7 Å². The first kappa shape index (κ1) is 13.1. The molecule has 0 aliphatic rings. The van der Waals surface area contributed by atoms with Gasteiger partial charge in [0.1, 0.15) is 0 Å². The second kappa shape index (κ2) is 5.54. The standard InChI is InChI=1S/C12H10BrClN2O2/c1-7-4-9(18-16-7)6-15-12(17)10-5-8(13)2-3-11(10)14/h2-5H,6H2,1H3,(H,15,17). The number of hydrogen-bond donors (Lipinski definition) is 1. The predicted octanol–water partition coefficient (Wildman–Crippen LogP) is 3.33. The highest BCUT2D eigenvalue weighted by Gasteiger charge is 2.11. The lowest BCUT2D eigenvalue weighted by atomic mass is 10.2. The maximum atomic E-state index is 11.9. The van der Waals surface area contributed by atoms with E-state index in [4.69, 9.17) is 16.1 Å². The molecule has 6 heteroatoms. The van der Waals surface area contributed by atoms with Crippen molar-refractivity contribution in [3.05, 3.63) is 50.8 Å². The number of benzene rings is 1. The molecule has 0 atom stereocenters. The molecule has 1 amide bonds. The quantitative estimate of drug-likeness (QED) is 0.939. The molecular formula is C12H10BrClN2O2. The molecule has 1 N–H and O–H groups in total. The van der Waals surface area contributed by atoms with Crippen molar-refractivity contribution >= 4 is 33.4 Å². The summed E-state index contributed by atoms with van der Waals surface area (Å²) in [4.78, 5) is 11.9. The van der Waals surface area contributed by atoms with Crippen molar-refractivity contribution in [3.8, 4) is 0 Å². The van der Waals surface area contributed by atoms with E-state index in [9.17, 15) is 4.79 Å². The molecule has 0 spiro atoms. The van der Waals surface area contributed by atoms with Crippen LogP contribution in [0.1, 0.15) is 21.8 Å². The third-order valence-corrected chi connectivity index (χ3v) is 3.10. The Labute approximate surface area is 117 Å². The summed E-state index contributed by atoms with van der Waals surface area (Å²) < 4.78 is 5.80. The highest BCUT2D eigenvalue weighted by Crippen LogP contribution is 2.20. The zero-order chi connectivity index (χ0) is 13.1. The number of carbonyl (C=O) groups excluding carboxylic acids is 1. The van der Waals surface area contributed by atoms with Gasteiger partial charge in [0, 0.05) is 10.5 Å². The van der Waals surface area contributed by atoms with E-state index in [1.54, 1.807) is 24.3 Å². The highest BCUT2D eigenvalue weighted by molar-refractivity contribution is 9.10. The van der Waals surface area contributed by atoms with Crippen LogP contribution in [0.15, 0.2) is 33.3 Å². The van der Waals surface area contributed by atoms with E-state index in [-0.39, 0.29) is 12.5 Å². The molecule has 94 valence electrons. The molecule has 0 unspecified atom stereocenters. The van der Waals surface area contributed by atoms with E-state index in [1.165, 1.54) is 0 Å². The minimum absolute atomic E-state index is 0.254. The summed E-state index contributed by atoms with van der Waals surface area (Å²) in [6.07, 6.45) is 0. The maximum absolute atomic E-state index is 11.9. The molecule has 0 saturated heterocycles. The summed E-state index contributed by atoms with van der Waals surface area (Å²) >= 11 is 9.26. The van der Waals surface area contributed by atoms with E-state index in [0.29, 0.717) is 16.3 Å². The number of carbonyl (C=O) groups is 1. The Morgan fingerprint density at radius 1 is 1.50 bits per heavy atom. The summed E-state index contributed by atoms with van der Waals surface area (Å²) in [6.45, 7) is 2.10. The van der Waals surface area contributed by atoms with Gasteiger partial charge in [0.2, 0.25) is 0 Å². The molecule has 0 bridgehead atoms. The van der Waals surface area contributed by atoms with Crippen molar-refractivity contribution in [1.29, 1.82) is 0 Å². The number of aryl methyl sites for hydroxylation is 1. The van der Waals surface area contributed by atoms with E-state index >= 15 is 0 Å². The molecule has 2 rings (SSSR count). The third-order valence-electron chi connectivity index (χ3n) is 2.27. The average Bonchev–Trinajstić information content (AvgIpc) is 2.75. The van der Waals surface area contributed by atoms with Gasteiger partial charge in [-0.2, -0.15) is 0 Å². The number of nitrogens with zero attached hydrogens (tertiary/aromatic N) is 1. The minimum Gasteiger partial charge on any atom is -0.359 e. The van der Waals surface area contributed by atoms with Gasteiger partial charge in [-0.05, 0) is 25.1 Å².